The van der Waals surface area contributed by atoms with Gasteiger partial charge in [-0.15, -0.1) is 0 Å². The maximum absolute atomic E-state index is 13.5. The summed E-state index contributed by atoms with van der Waals surface area (Å²) >= 11 is 0. The number of likely N-dealkylation sites (N-methyl/N-ethyl adjacent to an activating group) is 1. The van der Waals surface area contributed by atoms with Crippen molar-refractivity contribution < 1.29 is 17.9 Å². The molecule has 0 radical (unpaired) electrons. The number of ether oxygens (including phenoxy) is 1. The van der Waals surface area contributed by atoms with Crippen molar-refractivity contribution in [3.8, 4) is 16.9 Å². The Bertz CT molecular complexity index is 1660. The molecule has 0 unspecified atom stereocenters. The van der Waals surface area contributed by atoms with Gasteiger partial charge in [-0.05, 0) is 72.8 Å². The van der Waals surface area contributed by atoms with Crippen molar-refractivity contribution in [2.75, 3.05) is 50.0 Å². The predicted octanol–water partition coefficient (Wildman–Crippen LogP) is 5.81. The number of allylic oxidation sites excluding steroid dienone is 1. The molecule has 210 valence electrons. The number of methoxy groups -OCH3 is 1. The van der Waals surface area contributed by atoms with Crippen molar-refractivity contribution in [3.05, 3.63) is 114 Å². The van der Waals surface area contributed by atoms with Gasteiger partial charge >= 0.3 is 0 Å². The average molecular weight is 568 g/mol. The zero-order valence-corrected chi connectivity index (χ0v) is 24.0. The predicted molar refractivity (Wildman–Crippen MR) is 165 cm³/mol. The van der Waals surface area contributed by atoms with Crippen LogP contribution in [0.3, 0.4) is 0 Å². The maximum atomic E-state index is 13.5. The lowest BCUT2D eigenvalue weighted by Gasteiger charge is -2.35. The first-order valence-electron chi connectivity index (χ1n) is 13.5. The van der Waals surface area contributed by atoms with E-state index in [-0.39, 0.29) is 21.9 Å². The molecule has 5 rings (SSSR count). The van der Waals surface area contributed by atoms with Crippen LogP contribution >= 0.6 is 0 Å². The van der Waals surface area contributed by atoms with Crippen LogP contribution in [-0.2, 0) is 10.0 Å². The Labute approximate surface area is 241 Å². The average Bonchev–Trinajstić information content (AvgIpc) is 3.00. The molecule has 0 aromatic heterocycles. The number of nitrogens with one attached hydrogen (secondary N) is 1. The van der Waals surface area contributed by atoms with Gasteiger partial charge < -0.3 is 14.5 Å². The number of ketones is 1. The molecule has 7 nitrogen and oxygen atoms in total. The molecular formula is C33H33N3O4S. The number of rotatable bonds is 9. The van der Waals surface area contributed by atoms with E-state index in [0.29, 0.717) is 0 Å². The summed E-state index contributed by atoms with van der Waals surface area (Å²) in [6.07, 6.45) is 3.33. The smallest absolute Gasteiger partial charge is 0.261 e. The lowest BCUT2D eigenvalue weighted by atomic mass is 9.99. The standard InChI is InChI=1S/C33H33N3O4S/c1-35-20-22-36(23-21-35)31-18-16-25(28-12-7-9-15-33(28)40-2)24-26(31)17-19-32(37)29-13-6-8-14-30(29)34-41(38,39)27-10-4-3-5-11-27/h3-19,24,34H,20-23H2,1-2H3. The number of para-hydroxylation sites is 2. The quantitative estimate of drug-likeness (QED) is 0.203. The van der Waals surface area contributed by atoms with Crippen LogP contribution in [0.25, 0.3) is 17.2 Å². The van der Waals surface area contributed by atoms with Gasteiger partial charge in [0.1, 0.15) is 5.75 Å². The molecule has 1 fully saturated rings. The molecule has 0 bridgehead atoms. The van der Waals surface area contributed by atoms with Crippen molar-refractivity contribution in [2.24, 2.45) is 0 Å². The number of piperazine rings is 1. The minimum Gasteiger partial charge on any atom is -0.496 e. The van der Waals surface area contributed by atoms with Gasteiger partial charge in [0.2, 0.25) is 0 Å². The number of anilines is 2. The van der Waals surface area contributed by atoms with Gasteiger partial charge in [-0.2, -0.15) is 0 Å². The summed E-state index contributed by atoms with van der Waals surface area (Å²) in [5.74, 6) is 0.467. The summed E-state index contributed by atoms with van der Waals surface area (Å²) in [4.78, 5) is 18.2. The second-order valence-corrected chi connectivity index (χ2v) is 11.6. The minimum absolute atomic E-state index is 0.128. The molecule has 0 saturated carbocycles. The number of carbonyl (C=O) groups excluding carboxylic acids is 1. The molecule has 1 saturated heterocycles. The van der Waals surface area contributed by atoms with Gasteiger partial charge in [0.15, 0.2) is 5.78 Å². The van der Waals surface area contributed by atoms with E-state index < -0.39 is 10.0 Å². The maximum Gasteiger partial charge on any atom is 0.261 e. The highest BCUT2D eigenvalue weighted by molar-refractivity contribution is 7.92. The Kier molecular flexibility index (Phi) is 8.52. The van der Waals surface area contributed by atoms with E-state index in [0.717, 1.165) is 54.3 Å². The number of hydrogen-bond donors (Lipinski definition) is 1. The molecule has 1 aliphatic rings. The van der Waals surface area contributed by atoms with E-state index in [9.17, 15) is 13.2 Å². The summed E-state index contributed by atoms with van der Waals surface area (Å²) in [5.41, 5.74) is 4.37. The van der Waals surface area contributed by atoms with Gasteiger partial charge in [0.25, 0.3) is 10.0 Å². The minimum atomic E-state index is -3.85. The highest BCUT2D eigenvalue weighted by Crippen LogP contribution is 2.34. The molecule has 1 N–H and O–H groups in total. The molecule has 41 heavy (non-hydrogen) atoms. The van der Waals surface area contributed by atoms with Gasteiger partial charge in [-0.3, -0.25) is 9.52 Å². The Morgan fingerprint density at radius 2 is 1.54 bits per heavy atom. The fourth-order valence-corrected chi connectivity index (χ4v) is 6.02. The third-order valence-electron chi connectivity index (χ3n) is 7.19. The number of hydrogen-bond acceptors (Lipinski definition) is 6. The van der Waals surface area contributed by atoms with Crippen LogP contribution in [0.2, 0.25) is 0 Å². The second kappa shape index (κ2) is 12.4. The SMILES string of the molecule is COc1ccccc1-c1ccc(N2CCN(C)CC2)c(C=CC(=O)c2ccccc2NS(=O)(=O)c2ccccc2)c1. The molecule has 0 aliphatic carbocycles. The van der Waals surface area contributed by atoms with E-state index >= 15 is 0 Å². The Morgan fingerprint density at radius 3 is 2.29 bits per heavy atom. The molecule has 4 aromatic carbocycles. The zero-order chi connectivity index (χ0) is 28.8. The summed E-state index contributed by atoms with van der Waals surface area (Å²) < 4.78 is 34.1. The van der Waals surface area contributed by atoms with E-state index in [1.165, 1.54) is 18.2 Å². The highest BCUT2D eigenvalue weighted by atomic mass is 32.2. The van der Waals surface area contributed by atoms with Gasteiger partial charge in [-0.25, -0.2) is 8.42 Å². The van der Waals surface area contributed by atoms with E-state index in [1.807, 2.05) is 30.3 Å². The molecule has 1 aliphatic heterocycles. The third kappa shape index (κ3) is 6.51. The first-order valence-corrected chi connectivity index (χ1v) is 14.9. The van der Waals surface area contributed by atoms with E-state index in [2.05, 4.69) is 39.8 Å². The summed E-state index contributed by atoms with van der Waals surface area (Å²) in [6.45, 7) is 3.66. The molecule has 1 heterocycles. The third-order valence-corrected chi connectivity index (χ3v) is 8.58. The monoisotopic (exact) mass is 567 g/mol. The first-order chi connectivity index (χ1) is 19.9. The highest BCUT2D eigenvalue weighted by Gasteiger charge is 2.19. The van der Waals surface area contributed by atoms with Crippen LogP contribution in [0.15, 0.2) is 108 Å². The van der Waals surface area contributed by atoms with E-state index in [1.54, 1.807) is 49.6 Å². The van der Waals surface area contributed by atoms with Crippen LogP contribution < -0.4 is 14.4 Å². The molecule has 4 aromatic rings. The number of nitrogens with zero attached hydrogens (tertiary/aromatic N) is 2. The lowest BCUT2D eigenvalue weighted by Crippen LogP contribution is -2.44. The summed E-state index contributed by atoms with van der Waals surface area (Å²) in [6, 6.07) is 28.8. The van der Waals surface area contributed by atoms with Crippen LogP contribution in [0.5, 0.6) is 5.75 Å². The largest absolute Gasteiger partial charge is 0.496 e. The fraction of sp³-hybridized carbons (Fsp3) is 0.182. The van der Waals surface area contributed by atoms with Crippen molar-refractivity contribution >= 4 is 33.3 Å². The van der Waals surface area contributed by atoms with Crippen LogP contribution in [0, 0.1) is 0 Å². The van der Waals surface area contributed by atoms with Crippen molar-refractivity contribution in [3.63, 3.8) is 0 Å². The number of carbonyl (C=O) groups is 1. The number of sulfonamides is 1. The van der Waals surface area contributed by atoms with Crippen molar-refractivity contribution in [2.45, 2.75) is 4.90 Å². The first kappa shape index (κ1) is 28.1. The molecule has 0 amide bonds. The van der Waals surface area contributed by atoms with Gasteiger partial charge in [0.05, 0.1) is 17.7 Å². The van der Waals surface area contributed by atoms with E-state index in [4.69, 9.17) is 4.74 Å². The van der Waals surface area contributed by atoms with Crippen LogP contribution in [0.1, 0.15) is 15.9 Å². The van der Waals surface area contributed by atoms with Crippen molar-refractivity contribution in [1.82, 2.24) is 4.90 Å². The molecular weight excluding hydrogens is 534 g/mol. The fourth-order valence-electron chi connectivity index (χ4n) is 4.92. The molecule has 0 atom stereocenters. The number of benzene rings is 4. The summed E-state index contributed by atoms with van der Waals surface area (Å²) in [5, 5.41) is 0. The summed E-state index contributed by atoms with van der Waals surface area (Å²) in [7, 11) is -0.0846. The van der Waals surface area contributed by atoms with Crippen molar-refractivity contribution in [1.29, 1.82) is 0 Å². The molecule has 0 spiro atoms. The topological polar surface area (TPSA) is 79.0 Å². The Hall–Kier alpha value is -4.40. The normalized spacial score (nSPS) is 14.2. The van der Waals surface area contributed by atoms with Crippen LogP contribution in [-0.4, -0.2) is 59.4 Å². The lowest BCUT2D eigenvalue weighted by molar-refractivity contribution is 0.104. The van der Waals surface area contributed by atoms with Crippen LogP contribution in [0.4, 0.5) is 11.4 Å². The second-order valence-electron chi connectivity index (χ2n) is 9.93. The zero-order valence-electron chi connectivity index (χ0n) is 23.2. The van der Waals surface area contributed by atoms with Gasteiger partial charge in [-0.1, -0.05) is 54.6 Å². The Balaban J connectivity index is 1.48. The Morgan fingerprint density at radius 1 is 0.854 bits per heavy atom. The molecule has 8 heteroatoms. The van der Waals surface area contributed by atoms with Gasteiger partial charge in [0, 0.05) is 43.0 Å².